The fourth-order valence-electron chi connectivity index (χ4n) is 2.10. The number of nitrogens with zero attached hydrogens (tertiary/aromatic N) is 3. The van der Waals surface area contributed by atoms with Gasteiger partial charge in [-0.2, -0.15) is 5.10 Å². The predicted molar refractivity (Wildman–Crippen MR) is 72.8 cm³/mol. The Kier molecular flexibility index (Phi) is 3.95. The molecule has 0 saturated carbocycles. The highest BCUT2D eigenvalue weighted by molar-refractivity contribution is 5.42. The number of aryl methyl sites for hydroxylation is 2. The Morgan fingerprint density at radius 2 is 2.11 bits per heavy atom. The van der Waals surface area contributed by atoms with Gasteiger partial charge in [-0.15, -0.1) is 0 Å². The van der Waals surface area contributed by atoms with E-state index >= 15 is 0 Å². The fraction of sp³-hybridized carbons (Fsp3) is 0.429. The lowest BCUT2D eigenvalue weighted by Crippen LogP contribution is -2.22. The van der Waals surface area contributed by atoms with Gasteiger partial charge in [0.2, 0.25) is 0 Å². The summed E-state index contributed by atoms with van der Waals surface area (Å²) in [5.41, 5.74) is 7.69. The van der Waals surface area contributed by atoms with Crippen LogP contribution in [0, 0.1) is 19.7 Å². The molecule has 0 spiro atoms. The van der Waals surface area contributed by atoms with Gasteiger partial charge in [0.15, 0.2) is 0 Å². The first-order valence-corrected chi connectivity index (χ1v) is 6.46. The van der Waals surface area contributed by atoms with Crippen LogP contribution in [0.15, 0.2) is 18.2 Å². The normalized spacial score (nSPS) is 12.7. The van der Waals surface area contributed by atoms with Crippen molar-refractivity contribution >= 4 is 0 Å². The minimum Gasteiger partial charge on any atom is -0.327 e. The van der Waals surface area contributed by atoms with E-state index in [0.717, 1.165) is 23.5 Å². The molecule has 0 radical (unpaired) electrons. The Morgan fingerprint density at radius 1 is 1.37 bits per heavy atom. The molecular formula is C14H19FN4. The van der Waals surface area contributed by atoms with Crippen LogP contribution >= 0.6 is 0 Å². The Labute approximate surface area is 112 Å². The monoisotopic (exact) mass is 262 g/mol. The van der Waals surface area contributed by atoms with E-state index in [0.29, 0.717) is 12.2 Å². The molecule has 0 fully saturated rings. The van der Waals surface area contributed by atoms with E-state index in [4.69, 9.17) is 5.73 Å². The van der Waals surface area contributed by atoms with E-state index in [2.05, 4.69) is 10.1 Å². The summed E-state index contributed by atoms with van der Waals surface area (Å²) in [6.07, 6.45) is 1.48. The molecule has 1 aromatic carbocycles. The van der Waals surface area contributed by atoms with Crippen LogP contribution in [0.4, 0.5) is 4.39 Å². The van der Waals surface area contributed by atoms with Crippen LogP contribution in [0.3, 0.4) is 0 Å². The maximum absolute atomic E-state index is 13.4. The lowest BCUT2D eigenvalue weighted by Gasteiger charge is -2.14. The SMILES string of the molecule is CCC(N)Cc1cc(F)ccc1-n1nc(C)nc1C. The van der Waals surface area contributed by atoms with Crippen molar-refractivity contribution in [1.82, 2.24) is 14.8 Å². The van der Waals surface area contributed by atoms with Crippen LogP contribution < -0.4 is 5.73 Å². The van der Waals surface area contributed by atoms with E-state index < -0.39 is 0 Å². The second kappa shape index (κ2) is 5.48. The highest BCUT2D eigenvalue weighted by atomic mass is 19.1. The van der Waals surface area contributed by atoms with E-state index in [9.17, 15) is 4.39 Å². The lowest BCUT2D eigenvalue weighted by molar-refractivity contribution is 0.611. The van der Waals surface area contributed by atoms with Gasteiger partial charge in [0.1, 0.15) is 17.5 Å². The van der Waals surface area contributed by atoms with Crippen molar-refractivity contribution in [1.29, 1.82) is 0 Å². The summed E-state index contributed by atoms with van der Waals surface area (Å²) >= 11 is 0. The molecule has 1 heterocycles. The van der Waals surface area contributed by atoms with Crippen LogP contribution in [0.25, 0.3) is 5.69 Å². The summed E-state index contributed by atoms with van der Waals surface area (Å²) < 4.78 is 15.2. The number of nitrogens with two attached hydrogens (primary N) is 1. The third kappa shape index (κ3) is 2.98. The van der Waals surface area contributed by atoms with Gasteiger partial charge in [0.05, 0.1) is 5.69 Å². The molecule has 4 nitrogen and oxygen atoms in total. The summed E-state index contributed by atoms with van der Waals surface area (Å²) in [5.74, 6) is 1.24. The standard InChI is InChI=1S/C14H19FN4/c1-4-13(16)8-11-7-12(15)5-6-14(11)19-10(3)17-9(2)18-19/h5-7,13H,4,8,16H2,1-3H3. The number of hydrogen-bond acceptors (Lipinski definition) is 3. The first-order chi connectivity index (χ1) is 9.01. The van der Waals surface area contributed by atoms with Gasteiger partial charge in [-0.3, -0.25) is 0 Å². The third-order valence-electron chi connectivity index (χ3n) is 3.15. The van der Waals surface area contributed by atoms with E-state index in [1.54, 1.807) is 10.7 Å². The molecule has 0 aliphatic rings. The van der Waals surface area contributed by atoms with Gasteiger partial charge in [0, 0.05) is 6.04 Å². The highest BCUT2D eigenvalue weighted by Gasteiger charge is 2.13. The third-order valence-corrected chi connectivity index (χ3v) is 3.15. The molecule has 2 aromatic rings. The van der Waals surface area contributed by atoms with Crippen molar-refractivity contribution in [2.24, 2.45) is 5.73 Å². The molecule has 0 amide bonds. The number of aromatic nitrogens is 3. The van der Waals surface area contributed by atoms with E-state index in [1.807, 2.05) is 20.8 Å². The minimum atomic E-state index is -0.253. The quantitative estimate of drug-likeness (QED) is 0.919. The molecule has 1 unspecified atom stereocenters. The van der Waals surface area contributed by atoms with Crippen LogP contribution in [-0.2, 0) is 6.42 Å². The molecular weight excluding hydrogens is 243 g/mol. The van der Waals surface area contributed by atoms with Crippen molar-refractivity contribution in [3.8, 4) is 5.69 Å². The zero-order valence-electron chi connectivity index (χ0n) is 11.5. The summed E-state index contributed by atoms with van der Waals surface area (Å²) in [6.45, 7) is 5.74. The van der Waals surface area contributed by atoms with Gasteiger partial charge >= 0.3 is 0 Å². The Bertz CT molecular complexity index is 577. The van der Waals surface area contributed by atoms with Crippen molar-refractivity contribution in [3.63, 3.8) is 0 Å². The smallest absolute Gasteiger partial charge is 0.148 e. The summed E-state index contributed by atoms with van der Waals surface area (Å²) in [5, 5.41) is 4.35. The van der Waals surface area contributed by atoms with Crippen molar-refractivity contribution in [2.75, 3.05) is 0 Å². The number of halogens is 1. The Balaban J connectivity index is 2.47. The maximum Gasteiger partial charge on any atom is 0.148 e. The van der Waals surface area contributed by atoms with Gasteiger partial charge < -0.3 is 5.73 Å². The van der Waals surface area contributed by atoms with Gasteiger partial charge in [-0.25, -0.2) is 14.1 Å². The topological polar surface area (TPSA) is 56.7 Å². The molecule has 0 saturated heterocycles. The molecule has 2 N–H and O–H groups in total. The van der Waals surface area contributed by atoms with Gasteiger partial charge in [-0.05, 0) is 50.5 Å². The second-order valence-electron chi connectivity index (χ2n) is 4.76. The van der Waals surface area contributed by atoms with Crippen molar-refractivity contribution in [2.45, 2.75) is 39.7 Å². The first-order valence-electron chi connectivity index (χ1n) is 6.46. The average molecular weight is 262 g/mol. The first kappa shape index (κ1) is 13.7. The van der Waals surface area contributed by atoms with Crippen molar-refractivity contribution in [3.05, 3.63) is 41.2 Å². The molecule has 2 rings (SSSR count). The molecule has 0 aliphatic carbocycles. The van der Waals surface area contributed by atoms with Crippen LogP contribution in [0.2, 0.25) is 0 Å². The molecule has 1 atom stereocenters. The summed E-state index contributed by atoms with van der Waals surface area (Å²) in [4.78, 5) is 4.28. The van der Waals surface area contributed by atoms with Gasteiger partial charge in [0.25, 0.3) is 0 Å². The molecule has 0 aliphatic heterocycles. The predicted octanol–water partition coefficient (Wildman–Crippen LogP) is 2.30. The largest absolute Gasteiger partial charge is 0.327 e. The van der Waals surface area contributed by atoms with Crippen molar-refractivity contribution < 1.29 is 4.39 Å². The number of benzene rings is 1. The molecule has 5 heteroatoms. The average Bonchev–Trinajstić information content (AvgIpc) is 2.68. The summed E-state index contributed by atoms with van der Waals surface area (Å²) in [7, 11) is 0. The molecule has 0 bridgehead atoms. The lowest BCUT2D eigenvalue weighted by atomic mass is 10.0. The zero-order valence-corrected chi connectivity index (χ0v) is 11.5. The van der Waals surface area contributed by atoms with E-state index in [-0.39, 0.29) is 11.9 Å². The highest BCUT2D eigenvalue weighted by Crippen LogP contribution is 2.19. The molecule has 102 valence electrons. The molecule has 1 aromatic heterocycles. The van der Waals surface area contributed by atoms with Gasteiger partial charge in [-0.1, -0.05) is 6.92 Å². The minimum absolute atomic E-state index is 0.0190. The Morgan fingerprint density at radius 3 is 2.68 bits per heavy atom. The Hall–Kier alpha value is -1.75. The number of rotatable bonds is 4. The zero-order chi connectivity index (χ0) is 14.0. The summed E-state index contributed by atoms with van der Waals surface area (Å²) in [6, 6.07) is 4.72. The maximum atomic E-state index is 13.4. The van der Waals surface area contributed by atoms with Crippen LogP contribution in [0.1, 0.15) is 30.6 Å². The number of hydrogen-bond donors (Lipinski definition) is 1. The van der Waals surface area contributed by atoms with Crippen LogP contribution in [0.5, 0.6) is 0 Å². The molecule has 19 heavy (non-hydrogen) atoms. The second-order valence-corrected chi connectivity index (χ2v) is 4.76. The fourth-order valence-corrected chi connectivity index (χ4v) is 2.10. The van der Waals surface area contributed by atoms with E-state index in [1.165, 1.54) is 12.1 Å². The van der Waals surface area contributed by atoms with Crippen LogP contribution in [-0.4, -0.2) is 20.8 Å².